The first-order chi connectivity index (χ1) is 11.8. The van der Waals surface area contributed by atoms with E-state index in [0.29, 0.717) is 26.2 Å². The summed E-state index contributed by atoms with van der Waals surface area (Å²) in [4.78, 5) is 26.9. The molecule has 1 aromatic rings. The van der Waals surface area contributed by atoms with Crippen molar-refractivity contribution in [2.45, 2.75) is 39.8 Å². The minimum atomic E-state index is -0.532. The predicted octanol–water partition coefficient (Wildman–Crippen LogP) is 2.13. The van der Waals surface area contributed by atoms with Crippen LogP contribution < -0.4 is 16.4 Å². The maximum Gasteiger partial charge on any atom is 0.315 e. The van der Waals surface area contributed by atoms with Gasteiger partial charge in [-0.1, -0.05) is 51.1 Å². The van der Waals surface area contributed by atoms with Crippen LogP contribution in [0.15, 0.2) is 30.3 Å². The minimum Gasteiger partial charge on any atom is -0.340 e. The van der Waals surface area contributed by atoms with Gasteiger partial charge in [0, 0.05) is 19.6 Å². The largest absolute Gasteiger partial charge is 0.340 e. The second kappa shape index (κ2) is 9.78. The number of nitrogens with one attached hydrogen (secondary N) is 2. The fraction of sp³-hybridized carbons (Fsp3) is 0.579. The van der Waals surface area contributed by atoms with E-state index in [9.17, 15) is 9.59 Å². The Bertz CT molecular complexity index is 596. The van der Waals surface area contributed by atoms with Crippen molar-refractivity contribution >= 4 is 24.3 Å². The predicted molar refractivity (Wildman–Crippen MR) is 106 cm³/mol. The maximum absolute atomic E-state index is 12.8. The van der Waals surface area contributed by atoms with E-state index in [0.717, 1.165) is 12.0 Å². The number of rotatable bonds is 6. The SMILES string of the molecule is CC(C)C(NC(=O)NCc1ccccc1)C(=O)N1CCC(C)(CN)C1.Cl. The van der Waals surface area contributed by atoms with Gasteiger partial charge in [0.15, 0.2) is 0 Å². The lowest BCUT2D eigenvalue weighted by atomic mass is 9.90. The van der Waals surface area contributed by atoms with Gasteiger partial charge in [0.2, 0.25) is 5.91 Å². The highest BCUT2D eigenvalue weighted by Crippen LogP contribution is 2.29. The number of halogens is 1. The lowest BCUT2D eigenvalue weighted by Crippen LogP contribution is -2.53. The highest BCUT2D eigenvalue weighted by Gasteiger charge is 2.38. The minimum absolute atomic E-state index is 0. The second-order valence-electron chi connectivity index (χ2n) is 7.56. The molecule has 4 N–H and O–H groups in total. The molecule has 1 aliphatic rings. The molecule has 0 aliphatic carbocycles. The third-order valence-corrected chi connectivity index (χ3v) is 4.88. The summed E-state index contributed by atoms with van der Waals surface area (Å²) in [5.74, 6) is -0.0123. The zero-order valence-corrected chi connectivity index (χ0v) is 16.6. The third kappa shape index (κ3) is 5.88. The maximum atomic E-state index is 12.8. The van der Waals surface area contributed by atoms with E-state index in [4.69, 9.17) is 5.73 Å². The lowest BCUT2D eigenvalue weighted by molar-refractivity contribution is -0.133. The Morgan fingerprint density at radius 2 is 1.92 bits per heavy atom. The molecule has 0 aromatic heterocycles. The molecule has 6 nitrogen and oxygen atoms in total. The molecule has 1 fully saturated rings. The van der Waals surface area contributed by atoms with E-state index in [1.165, 1.54) is 0 Å². The molecular weight excluding hydrogens is 352 g/mol. The van der Waals surface area contributed by atoms with Crippen LogP contribution in [0.25, 0.3) is 0 Å². The molecule has 3 amide bonds. The molecule has 1 aliphatic heterocycles. The van der Waals surface area contributed by atoms with Crippen LogP contribution in [-0.2, 0) is 11.3 Å². The van der Waals surface area contributed by atoms with Crippen LogP contribution in [-0.4, -0.2) is 42.5 Å². The van der Waals surface area contributed by atoms with Crippen LogP contribution >= 0.6 is 12.4 Å². The molecule has 1 saturated heterocycles. The summed E-state index contributed by atoms with van der Waals surface area (Å²) in [6.07, 6.45) is 0.903. The highest BCUT2D eigenvalue weighted by molar-refractivity contribution is 5.87. The van der Waals surface area contributed by atoms with Crippen molar-refractivity contribution < 1.29 is 9.59 Å². The smallest absolute Gasteiger partial charge is 0.315 e. The van der Waals surface area contributed by atoms with Crippen molar-refractivity contribution in [2.75, 3.05) is 19.6 Å². The zero-order valence-electron chi connectivity index (χ0n) is 15.8. The van der Waals surface area contributed by atoms with Gasteiger partial charge in [-0.3, -0.25) is 4.79 Å². The summed E-state index contributed by atoms with van der Waals surface area (Å²) in [6, 6.07) is 8.83. The number of nitrogens with zero attached hydrogens (tertiary/aromatic N) is 1. The van der Waals surface area contributed by atoms with Crippen LogP contribution in [0.3, 0.4) is 0 Å². The van der Waals surface area contributed by atoms with Gasteiger partial charge in [-0.2, -0.15) is 0 Å². The van der Waals surface area contributed by atoms with Crippen LogP contribution in [0.1, 0.15) is 32.8 Å². The summed E-state index contributed by atoms with van der Waals surface area (Å²) < 4.78 is 0. The average Bonchev–Trinajstić information content (AvgIpc) is 3.01. The number of likely N-dealkylation sites (tertiary alicyclic amines) is 1. The van der Waals surface area contributed by atoms with Gasteiger partial charge in [-0.25, -0.2) is 4.79 Å². The first-order valence-corrected chi connectivity index (χ1v) is 8.92. The fourth-order valence-electron chi connectivity index (χ4n) is 3.06. The molecule has 2 rings (SSSR count). The van der Waals surface area contributed by atoms with Crippen molar-refractivity contribution in [3.05, 3.63) is 35.9 Å². The topological polar surface area (TPSA) is 87.5 Å². The number of urea groups is 1. The van der Waals surface area contributed by atoms with E-state index >= 15 is 0 Å². The Morgan fingerprint density at radius 1 is 1.27 bits per heavy atom. The first-order valence-electron chi connectivity index (χ1n) is 8.92. The van der Waals surface area contributed by atoms with Gasteiger partial charge in [0.25, 0.3) is 0 Å². The summed E-state index contributed by atoms with van der Waals surface area (Å²) in [5.41, 5.74) is 6.82. The van der Waals surface area contributed by atoms with Gasteiger partial charge in [0.05, 0.1) is 0 Å². The number of hydrogen-bond acceptors (Lipinski definition) is 3. The molecule has 0 bridgehead atoms. The molecular formula is C19H31ClN4O2. The van der Waals surface area contributed by atoms with Gasteiger partial charge < -0.3 is 21.3 Å². The van der Waals surface area contributed by atoms with Gasteiger partial charge >= 0.3 is 6.03 Å². The van der Waals surface area contributed by atoms with E-state index < -0.39 is 6.04 Å². The molecule has 2 unspecified atom stereocenters. The van der Waals surface area contributed by atoms with Crippen molar-refractivity contribution in [2.24, 2.45) is 17.1 Å². The Labute approximate surface area is 162 Å². The van der Waals surface area contributed by atoms with Crippen LogP contribution in [0.5, 0.6) is 0 Å². The number of nitrogens with two attached hydrogens (primary N) is 1. The normalized spacial score (nSPS) is 20.4. The average molecular weight is 383 g/mol. The van der Waals surface area contributed by atoms with E-state index in [1.807, 2.05) is 49.1 Å². The number of hydrogen-bond donors (Lipinski definition) is 3. The quantitative estimate of drug-likeness (QED) is 0.704. The summed E-state index contributed by atoms with van der Waals surface area (Å²) in [5, 5.41) is 5.65. The monoisotopic (exact) mass is 382 g/mol. The highest BCUT2D eigenvalue weighted by atomic mass is 35.5. The Balaban J connectivity index is 0.00000338. The Morgan fingerprint density at radius 3 is 2.46 bits per heavy atom. The first kappa shape index (κ1) is 22.3. The molecule has 1 aromatic carbocycles. The van der Waals surface area contributed by atoms with Gasteiger partial charge in [-0.15, -0.1) is 12.4 Å². The van der Waals surface area contributed by atoms with E-state index in [-0.39, 0.29) is 35.7 Å². The molecule has 7 heteroatoms. The lowest BCUT2D eigenvalue weighted by Gasteiger charge is -2.28. The number of carbonyl (C=O) groups is 2. The Kier molecular flexibility index (Phi) is 8.37. The fourth-order valence-corrected chi connectivity index (χ4v) is 3.06. The van der Waals surface area contributed by atoms with Crippen molar-refractivity contribution in [3.8, 4) is 0 Å². The molecule has 26 heavy (non-hydrogen) atoms. The molecule has 1 heterocycles. The van der Waals surface area contributed by atoms with Crippen molar-refractivity contribution in [1.82, 2.24) is 15.5 Å². The number of benzene rings is 1. The zero-order chi connectivity index (χ0) is 18.4. The number of amides is 3. The summed E-state index contributed by atoms with van der Waals surface area (Å²) in [6.45, 7) is 8.33. The number of carbonyl (C=O) groups excluding carboxylic acids is 2. The van der Waals surface area contributed by atoms with E-state index in [2.05, 4.69) is 17.6 Å². The standard InChI is InChI=1S/C19H30N4O2.ClH/c1-14(2)16(17(24)23-10-9-19(3,12-20)13-23)22-18(25)21-11-15-7-5-4-6-8-15;/h4-8,14,16H,9-13,20H2,1-3H3,(H2,21,22,25);1H. The molecule has 0 spiro atoms. The summed E-state index contributed by atoms with van der Waals surface area (Å²) in [7, 11) is 0. The molecule has 2 atom stereocenters. The van der Waals surface area contributed by atoms with Crippen LogP contribution in [0.4, 0.5) is 4.79 Å². The van der Waals surface area contributed by atoms with Gasteiger partial charge in [-0.05, 0) is 29.9 Å². The molecule has 0 radical (unpaired) electrons. The van der Waals surface area contributed by atoms with Crippen LogP contribution in [0.2, 0.25) is 0 Å². The summed E-state index contributed by atoms with van der Waals surface area (Å²) >= 11 is 0. The molecule has 0 saturated carbocycles. The Hall–Kier alpha value is -1.79. The van der Waals surface area contributed by atoms with Crippen molar-refractivity contribution in [1.29, 1.82) is 0 Å². The second-order valence-corrected chi connectivity index (χ2v) is 7.56. The van der Waals surface area contributed by atoms with Gasteiger partial charge in [0.1, 0.15) is 6.04 Å². The van der Waals surface area contributed by atoms with Crippen molar-refractivity contribution in [3.63, 3.8) is 0 Å². The van der Waals surface area contributed by atoms with E-state index in [1.54, 1.807) is 0 Å². The molecule has 146 valence electrons. The third-order valence-electron chi connectivity index (χ3n) is 4.88. The van der Waals surface area contributed by atoms with Crippen LogP contribution in [0, 0.1) is 11.3 Å².